The molecule has 0 amide bonds. The molecule has 2 unspecified atom stereocenters. The van der Waals surface area contributed by atoms with E-state index in [4.69, 9.17) is 39.7 Å². The Balaban J connectivity index is -0.000000375. The number of aliphatic carboxylic acids is 4. The molecule has 0 saturated carbocycles. The lowest BCUT2D eigenvalue weighted by Crippen LogP contribution is -2.31. The van der Waals surface area contributed by atoms with E-state index in [1.165, 1.54) is 0 Å². The van der Waals surface area contributed by atoms with Gasteiger partial charge < -0.3 is 30.6 Å². The van der Waals surface area contributed by atoms with Crippen LogP contribution in [-0.2, 0) is 39.4 Å². The fraction of sp³-hybridized carbons (Fsp3) is 0.600. The van der Waals surface area contributed by atoms with Crippen molar-refractivity contribution in [1.82, 2.24) is 0 Å². The average Bonchev–Trinajstić information content (AvgIpc) is 2.48. The molecule has 0 saturated heterocycles. The van der Waals surface area contributed by atoms with Gasteiger partial charge in [0.05, 0.1) is 26.1 Å². The maximum absolute atomic E-state index is 10.2. The zero-order valence-corrected chi connectivity index (χ0v) is 15.3. The standard InChI is InChI=1S/2C4H6O7S.C2H6O2/c2*5-3(6)1-2(4(7)8)12(9,10)11;3-1-2-4/h2*2H,1H2,(H,5,6)(H,7,8)(H,9,10,11);3-4H,1-2H2. The average molecular weight is 458 g/mol. The van der Waals surface area contributed by atoms with Crippen LogP contribution in [-0.4, -0.2) is 104 Å². The van der Waals surface area contributed by atoms with Crippen molar-refractivity contribution in [2.75, 3.05) is 13.2 Å². The molecular weight excluding hydrogens is 440 g/mol. The Morgan fingerprint density at radius 2 is 0.821 bits per heavy atom. The van der Waals surface area contributed by atoms with Gasteiger partial charge in [0.25, 0.3) is 20.2 Å². The molecule has 0 spiro atoms. The summed E-state index contributed by atoms with van der Waals surface area (Å²) in [5.41, 5.74) is 0. The molecule has 0 aliphatic heterocycles. The number of aliphatic hydroxyl groups is 2. The van der Waals surface area contributed by atoms with Crippen LogP contribution in [0.3, 0.4) is 0 Å². The van der Waals surface area contributed by atoms with Gasteiger partial charge in [0, 0.05) is 0 Å². The number of hydrogen-bond acceptors (Lipinski definition) is 10. The van der Waals surface area contributed by atoms with Gasteiger partial charge >= 0.3 is 23.9 Å². The van der Waals surface area contributed by atoms with Crippen LogP contribution < -0.4 is 0 Å². The second-order valence-corrected chi connectivity index (χ2v) is 7.52. The van der Waals surface area contributed by atoms with Crippen molar-refractivity contribution in [3.05, 3.63) is 0 Å². The van der Waals surface area contributed by atoms with Crippen molar-refractivity contribution >= 4 is 44.1 Å². The summed E-state index contributed by atoms with van der Waals surface area (Å²) in [4.78, 5) is 40.0. The Kier molecular flexibility index (Phi) is 14.9. The molecule has 0 heterocycles. The molecule has 2 atom stereocenters. The number of hydrogen-bond donors (Lipinski definition) is 8. The zero-order chi connectivity index (χ0) is 23.3. The molecule has 0 aromatic carbocycles. The van der Waals surface area contributed by atoms with Crippen LogP contribution in [0.5, 0.6) is 0 Å². The van der Waals surface area contributed by atoms with E-state index in [2.05, 4.69) is 0 Å². The van der Waals surface area contributed by atoms with Gasteiger partial charge in [0.2, 0.25) is 0 Å². The van der Waals surface area contributed by atoms with Crippen LogP contribution in [0.1, 0.15) is 12.8 Å². The van der Waals surface area contributed by atoms with E-state index in [1.54, 1.807) is 0 Å². The summed E-state index contributed by atoms with van der Waals surface area (Å²) in [7, 11) is -9.68. The largest absolute Gasteiger partial charge is 0.481 e. The van der Waals surface area contributed by atoms with Gasteiger partial charge in [-0.05, 0) is 0 Å². The van der Waals surface area contributed by atoms with E-state index >= 15 is 0 Å². The molecule has 0 aromatic heterocycles. The molecule has 16 nitrogen and oxygen atoms in total. The smallest absolute Gasteiger partial charge is 0.325 e. The third kappa shape index (κ3) is 17.1. The molecule has 166 valence electrons. The summed E-state index contributed by atoms with van der Waals surface area (Å²) in [6.07, 6.45) is -2.32. The quantitative estimate of drug-likeness (QED) is 0.156. The molecule has 0 aliphatic rings. The summed E-state index contributed by atoms with van der Waals surface area (Å²) in [5.74, 6) is -7.00. The van der Waals surface area contributed by atoms with Crippen molar-refractivity contribution in [3.63, 3.8) is 0 Å². The predicted molar refractivity (Wildman–Crippen MR) is 84.6 cm³/mol. The lowest BCUT2D eigenvalue weighted by atomic mass is 10.3. The van der Waals surface area contributed by atoms with Crippen LogP contribution in [0, 0.1) is 0 Å². The second kappa shape index (κ2) is 13.7. The summed E-state index contributed by atoms with van der Waals surface area (Å²) < 4.78 is 57.3. The highest BCUT2D eigenvalue weighted by atomic mass is 32.2. The minimum Gasteiger partial charge on any atom is -0.481 e. The van der Waals surface area contributed by atoms with E-state index < -0.39 is 67.5 Å². The number of carboxylic acid groups (broad SMARTS) is 4. The first kappa shape index (κ1) is 30.4. The summed E-state index contributed by atoms with van der Waals surface area (Å²) in [6, 6.07) is 0. The molecule has 28 heavy (non-hydrogen) atoms. The monoisotopic (exact) mass is 458 g/mol. The summed E-state index contributed by atoms with van der Waals surface area (Å²) in [6.45, 7) is -0.250. The van der Waals surface area contributed by atoms with Crippen LogP contribution in [0.4, 0.5) is 0 Å². The maximum Gasteiger partial charge on any atom is 0.325 e. The van der Waals surface area contributed by atoms with E-state index in [0.717, 1.165) is 0 Å². The predicted octanol–water partition coefficient (Wildman–Crippen LogP) is -3.42. The molecule has 0 aromatic rings. The van der Waals surface area contributed by atoms with E-state index in [0.29, 0.717) is 0 Å². The third-order valence-electron chi connectivity index (χ3n) is 2.09. The zero-order valence-electron chi connectivity index (χ0n) is 13.6. The fourth-order valence-corrected chi connectivity index (χ4v) is 2.17. The van der Waals surface area contributed by atoms with Crippen LogP contribution in [0.2, 0.25) is 0 Å². The van der Waals surface area contributed by atoms with Crippen molar-refractivity contribution in [2.45, 2.75) is 23.3 Å². The topological polar surface area (TPSA) is 298 Å². The van der Waals surface area contributed by atoms with E-state index in [1.807, 2.05) is 0 Å². The van der Waals surface area contributed by atoms with Crippen molar-refractivity contribution in [2.24, 2.45) is 0 Å². The Morgan fingerprint density at radius 3 is 0.857 bits per heavy atom. The van der Waals surface area contributed by atoms with Crippen LogP contribution in [0.15, 0.2) is 0 Å². The Hall–Kier alpha value is -2.38. The molecule has 0 aliphatic carbocycles. The van der Waals surface area contributed by atoms with Crippen LogP contribution >= 0.6 is 0 Å². The molecule has 0 fully saturated rings. The number of aliphatic hydroxyl groups excluding tert-OH is 2. The van der Waals surface area contributed by atoms with Crippen molar-refractivity contribution in [3.8, 4) is 0 Å². The van der Waals surface area contributed by atoms with Gasteiger partial charge in [-0.2, -0.15) is 16.8 Å². The third-order valence-corrected chi connectivity index (χ3v) is 4.26. The number of carboxylic acids is 4. The molecule has 8 N–H and O–H groups in total. The van der Waals surface area contributed by atoms with Gasteiger partial charge in [-0.3, -0.25) is 28.3 Å². The Labute approximate surface area is 157 Å². The van der Waals surface area contributed by atoms with Crippen LogP contribution in [0.25, 0.3) is 0 Å². The molecule has 0 bridgehead atoms. The normalized spacial score (nSPS) is 12.9. The van der Waals surface area contributed by atoms with Gasteiger partial charge in [0.1, 0.15) is 0 Å². The van der Waals surface area contributed by atoms with Gasteiger partial charge in [-0.25, -0.2) is 0 Å². The van der Waals surface area contributed by atoms with Crippen molar-refractivity contribution < 1.29 is 75.8 Å². The molecule has 0 radical (unpaired) electrons. The minimum atomic E-state index is -4.84. The highest BCUT2D eigenvalue weighted by Crippen LogP contribution is 2.04. The lowest BCUT2D eigenvalue weighted by molar-refractivity contribution is -0.143. The first-order valence-electron chi connectivity index (χ1n) is 6.45. The van der Waals surface area contributed by atoms with Gasteiger partial charge in [-0.15, -0.1) is 0 Å². The lowest BCUT2D eigenvalue weighted by Gasteiger charge is -2.04. The maximum atomic E-state index is 10.2. The van der Waals surface area contributed by atoms with E-state index in [9.17, 15) is 36.0 Å². The van der Waals surface area contributed by atoms with Crippen molar-refractivity contribution in [1.29, 1.82) is 0 Å². The highest BCUT2D eigenvalue weighted by Gasteiger charge is 2.33. The molecule has 18 heteroatoms. The highest BCUT2D eigenvalue weighted by molar-refractivity contribution is 7.87. The minimum absolute atomic E-state index is 0.125. The fourth-order valence-electron chi connectivity index (χ4n) is 0.957. The van der Waals surface area contributed by atoms with E-state index in [-0.39, 0.29) is 13.2 Å². The Bertz CT molecular complexity index is 671. The summed E-state index contributed by atoms with van der Waals surface area (Å²) >= 11 is 0. The molecule has 0 rings (SSSR count). The first-order chi connectivity index (χ1) is 12.4. The Morgan fingerprint density at radius 1 is 0.607 bits per heavy atom. The SMILES string of the molecule is O=C(O)CC(C(=O)O)S(=O)(=O)O.O=C(O)CC(C(=O)O)S(=O)(=O)O.OCCO. The number of rotatable bonds is 9. The first-order valence-corrected chi connectivity index (χ1v) is 9.45. The summed E-state index contributed by atoms with van der Waals surface area (Å²) in [5, 5.41) is 43.1. The second-order valence-electron chi connectivity index (χ2n) is 4.33. The molecular formula is C10H18O16S2. The number of carbonyl (C=O) groups is 4. The van der Waals surface area contributed by atoms with Gasteiger partial charge in [-0.1, -0.05) is 0 Å². The van der Waals surface area contributed by atoms with Gasteiger partial charge in [0.15, 0.2) is 10.5 Å².